The number of rotatable bonds is 5. The SMILES string of the molecule is Cc1c(N)cccc1NC(C)CCC(C)C. The van der Waals surface area contributed by atoms with E-state index < -0.39 is 0 Å². The van der Waals surface area contributed by atoms with E-state index in [0.717, 1.165) is 22.9 Å². The fourth-order valence-corrected chi connectivity index (χ4v) is 1.73. The maximum atomic E-state index is 5.88. The van der Waals surface area contributed by atoms with Gasteiger partial charge in [-0.1, -0.05) is 19.9 Å². The zero-order valence-corrected chi connectivity index (χ0v) is 10.9. The minimum absolute atomic E-state index is 0.503. The third-order valence-electron chi connectivity index (χ3n) is 2.95. The molecule has 90 valence electrons. The molecule has 3 N–H and O–H groups in total. The van der Waals surface area contributed by atoms with Gasteiger partial charge in [-0.15, -0.1) is 0 Å². The summed E-state index contributed by atoms with van der Waals surface area (Å²) in [6, 6.07) is 6.54. The van der Waals surface area contributed by atoms with Crippen molar-refractivity contribution < 1.29 is 0 Å². The lowest BCUT2D eigenvalue weighted by molar-refractivity contribution is 0.527. The summed E-state index contributed by atoms with van der Waals surface area (Å²) in [5.74, 6) is 0.770. The number of hydrogen-bond donors (Lipinski definition) is 2. The smallest absolute Gasteiger partial charge is 0.0392 e. The Morgan fingerprint density at radius 1 is 1.19 bits per heavy atom. The molecule has 1 aromatic carbocycles. The first kappa shape index (κ1) is 12.9. The molecule has 0 aliphatic carbocycles. The molecule has 1 rings (SSSR count). The quantitative estimate of drug-likeness (QED) is 0.740. The molecule has 0 aromatic heterocycles. The van der Waals surface area contributed by atoms with E-state index in [4.69, 9.17) is 5.73 Å². The standard InChI is InChI=1S/C14H24N2/c1-10(2)8-9-11(3)16-14-7-5-6-13(15)12(14)4/h5-7,10-11,16H,8-9,15H2,1-4H3. The third-order valence-corrected chi connectivity index (χ3v) is 2.95. The van der Waals surface area contributed by atoms with E-state index in [2.05, 4.69) is 39.1 Å². The Morgan fingerprint density at radius 2 is 1.88 bits per heavy atom. The van der Waals surface area contributed by atoms with Crippen LogP contribution in [0.4, 0.5) is 11.4 Å². The first-order valence-corrected chi connectivity index (χ1v) is 6.12. The maximum absolute atomic E-state index is 5.88. The Labute approximate surface area is 99.2 Å². The lowest BCUT2D eigenvalue weighted by atomic mass is 10.0. The Hall–Kier alpha value is -1.18. The van der Waals surface area contributed by atoms with Gasteiger partial charge in [0.05, 0.1) is 0 Å². The van der Waals surface area contributed by atoms with Gasteiger partial charge in [0.1, 0.15) is 0 Å². The van der Waals surface area contributed by atoms with Crippen LogP contribution in [0.5, 0.6) is 0 Å². The first-order valence-electron chi connectivity index (χ1n) is 6.12. The fourth-order valence-electron chi connectivity index (χ4n) is 1.73. The molecule has 2 heteroatoms. The van der Waals surface area contributed by atoms with E-state index in [-0.39, 0.29) is 0 Å². The molecule has 1 aromatic rings. The van der Waals surface area contributed by atoms with Gasteiger partial charge in [-0.2, -0.15) is 0 Å². The number of nitrogens with two attached hydrogens (primary N) is 1. The molecule has 0 saturated heterocycles. The Morgan fingerprint density at radius 3 is 2.50 bits per heavy atom. The van der Waals surface area contributed by atoms with Crippen molar-refractivity contribution in [2.75, 3.05) is 11.1 Å². The van der Waals surface area contributed by atoms with Crippen molar-refractivity contribution in [1.82, 2.24) is 0 Å². The average molecular weight is 220 g/mol. The van der Waals surface area contributed by atoms with Gasteiger partial charge in [-0.3, -0.25) is 0 Å². The zero-order valence-electron chi connectivity index (χ0n) is 10.9. The van der Waals surface area contributed by atoms with Crippen LogP contribution >= 0.6 is 0 Å². The second kappa shape index (κ2) is 5.78. The number of anilines is 2. The lowest BCUT2D eigenvalue weighted by Crippen LogP contribution is -2.16. The molecule has 0 fully saturated rings. The summed E-state index contributed by atoms with van der Waals surface area (Å²) in [6.45, 7) is 8.81. The van der Waals surface area contributed by atoms with Crippen molar-refractivity contribution in [3.63, 3.8) is 0 Å². The summed E-state index contributed by atoms with van der Waals surface area (Å²) in [5, 5.41) is 3.53. The van der Waals surface area contributed by atoms with E-state index >= 15 is 0 Å². The van der Waals surface area contributed by atoms with Crippen LogP contribution in [-0.4, -0.2) is 6.04 Å². The molecule has 0 saturated carbocycles. The Kier molecular flexibility index (Phi) is 4.66. The van der Waals surface area contributed by atoms with Gasteiger partial charge in [0.15, 0.2) is 0 Å². The summed E-state index contributed by atoms with van der Waals surface area (Å²) in [4.78, 5) is 0. The van der Waals surface area contributed by atoms with Gasteiger partial charge in [0, 0.05) is 17.4 Å². The van der Waals surface area contributed by atoms with Crippen LogP contribution in [0.2, 0.25) is 0 Å². The van der Waals surface area contributed by atoms with Gasteiger partial charge in [0.25, 0.3) is 0 Å². The van der Waals surface area contributed by atoms with Crippen molar-refractivity contribution in [3.8, 4) is 0 Å². The number of nitrogens with one attached hydrogen (secondary N) is 1. The highest BCUT2D eigenvalue weighted by Crippen LogP contribution is 2.22. The van der Waals surface area contributed by atoms with E-state index in [1.165, 1.54) is 12.8 Å². The van der Waals surface area contributed by atoms with Crippen molar-refractivity contribution in [3.05, 3.63) is 23.8 Å². The first-order chi connectivity index (χ1) is 7.50. The summed E-state index contributed by atoms with van der Waals surface area (Å²) in [7, 11) is 0. The molecular formula is C14H24N2. The van der Waals surface area contributed by atoms with Gasteiger partial charge in [-0.25, -0.2) is 0 Å². The van der Waals surface area contributed by atoms with E-state index in [1.807, 2.05) is 12.1 Å². The summed E-state index contributed by atoms with van der Waals surface area (Å²) in [5.41, 5.74) is 9.06. The van der Waals surface area contributed by atoms with Crippen molar-refractivity contribution in [1.29, 1.82) is 0 Å². The van der Waals surface area contributed by atoms with Crippen LogP contribution in [0.3, 0.4) is 0 Å². The predicted octanol–water partition coefficient (Wildman–Crippen LogP) is 3.81. The average Bonchev–Trinajstić information content (AvgIpc) is 2.22. The molecule has 1 unspecified atom stereocenters. The van der Waals surface area contributed by atoms with Gasteiger partial charge >= 0.3 is 0 Å². The van der Waals surface area contributed by atoms with Gasteiger partial charge in [-0.05, 0) is 50.3 Å². The van der Waals surface area contributed by atoms with E-state index in [0.29, 0.717) is 6.04 Å². The molecular weight excluding hydrogens is 196 g/mol. The zero-order chi connectivity index (χ0) is 12.1. The van der Waals surface area contributed by atoms with Gasteiger partial charge < -0.3 is 11.1 Å². The number of hydrogen-bond acceptors (Lipinski definition) is 2. The number of benzene rings is 1. The van der Waals surface area contributed by atoms with E-state index in [9.17, 15) is 0 Å². The maximum Gasteiger partial charge on any atom is 0.0392 e. The van der Waals surface area contributed by atoms with Crippen LogP contribution in [0, 0.1) is 12.8 Å². The highest BCUT2D eigenvalue weighted by atomic mass is 14.9. The molecule has 0 aliphatic rings. The third kappa shape index (κ3) is 3.76. The number of nitrogen functional groups attached to an aromatic ring is 1. The minimum Gasteiger partial charge on any atom is -0.398 e. The van der Waals surface area contributed by atoms with Crippen molar-refractivity contribution in [2.45, 2.75) is 46.6 Å². The molecule has 0 bridgehead atoms. The molecule has 0 heterocycles. The monoisotopic (exact) mass is 220 g/mol. The summed E-state index contributed by atoms with van der Waals surface area (Å²) < 4.78 is 0. The predicted molar refractivity (Wildman–Crippen MR) is 72.7 cm³/mol. The molecule has 16 heavy (non-hydrogen) atoms. The molecule has 0 aliphatic heterocycles. The Bertz CT molecular complexity index is 332. The second-order valence-corrected chi connectivity index (χ2v) is 5.04. The summed E-state index contributed by atoms with van der Waals surface area (Å²) in [6.07, 6.45) is 2.46. The molecule has 0 radical (unpaired) electrons. The largest absolute Gasteiger partial charge is 0.398 e. The molecule has 2 nitrogen and oxygen atoms in total. The highest BCUT2D eigenvalue weighted by Gasteiger charge is 2.06. The highest BCUT2D eigenvalue weighted by molar-refractivity contribution is 5.62. The molecule has 1 atom stereocenters. The topological polar surface area (TPSA) is 38.0 Å². The van der Waals surface area contributed by atoms with Crippen LogP contribution in [0.1, 0.15) is 39.2 Å². The molecule has 0 amide bonds. The fraction of sp³-hybridized carbons (Fsp3) is 0.571. The summed E-state index contributed by atoms with van der Waals surface area (Å²) >= 11 is 0. The minimum atomic E-state index is 0.503. The van der Waals surface area contributed by atoms with E-state index in [1.54, 1.807) is 0 Å². The van der Waals surface area contributed by atoms with Gasteiger partial charge in [0.2, 0.25) is 0 Å². The van der Waals surface area contributed by atoms with Crippen LogP contribution < -0.4 is 11.1 Å². The van der Waals surface area contributed by atoms with Crippen LogP contribution in [0.25, 0.3) is 0 Å². The van der Waals surface area contributed by atoms with Crippen LogP contribution in [-0.2, 0) is 0 Å². The lowest BCUT2D eigenvalue weighted by Gasteiger charge is -2.18. The normalized spacial score (nSPS) is 12.8. The van der Waals surface area contributed by atoms with Crippen LogP contribution in [0.15, 0.2) is 18.2 Å². The Balaban J connectivity index is 2.56. The van der Waals surface area contributed by atoms with Crippen molar-refractivity contribution in [2.24, 2.45) is 5.92 Å². The molecule has 0 spiro atoms. The second-order valence-electron chi connectivity index (χ2n) is 5.04. The van der Waals surface area contributed by atoms with Crippen molar-refractivity contribution >= 4 is 11.4 Å².